The lowest BCUT2D eigenvalue weighted by molar-refractivity contribution is -0.605. The molecule has 0 saturated heterocycles. The maximum Gasteiger partial charge on any atom is 0.344 e. The van der Waals surface area contributed by atoms with Crippen molar-refractivity contribution in [2.45, 2.75) is 221 Å². The molecule has 6 aromatic carbocycles. The number of aliphatic imine (C=N–C) groups is 2. The van der Waals surface area contributed by atoms with Crippen LogP contribution in [0.3, 0.4) is 0 Å². The molecule has 1 aliphatic rings. The normalized spacial score (nSPS) is 15.3. The highest BCUT2D eigenvalue weighted by molar-refractivity contribution is 5.97. The number of carbonyl (C=O) groups is 2. The molecule has 4 heterocycles. The summed E-state index contributed by atoms with van der Waals surface area (Å²) in [6.07, 6.45) is 21.7. The van der Waals surface area contributed by atoms with Gasteiger partial charge < -0.3 is 44.3 Å². The minimum atomic E-state index is -0.775. The van der Waals surface area contributed by atoms with Crippen molar-refractivity contribution < 1.29 is 43.5 Å². The number of nitrogens with one attached hydrogen (secondary N) is 2. The summed E-state index contributed by atoms with van der Waals surface area (Å²) in [7, 11) is 0. The van der Waals surface area contributed by atoms with Crippen LogP contribution in [-0.2, 0) is 46.0 Å². The smallest absolute Gasteiger partial charge is 0.344 e. The largest absolute Gasteiger partial charge is 0.619 e. The van der Waals surface area contributed by atoms with Crippen LogP contribution in [0.1, 0.15) is 260 Å². The number of phenolic OH excluding ortho intramolecular Hbond substituents is 2. The van der Waals surface area contributed by atoms with E-state index < -0.39 is 34.9 Å². The van der Waals surface area contributed by atoms with Gasteiger partial charge in [0.25, 0.3) is 11.1 Å². The fourth-order valence-corrected chi connectivity index (χ4v) is 14.2. The molecule has 3 aromatic heterocycles. The van der Waals surface area contributed by atoms with Crippen molar-refractivity contribution in [3.63, 3.8) is 0 Å². The quantitative estimate of drug-likeness (QED) is 0.0273. The number of fused-ring (bicyclic) bond motifs is 12. The summed E-state index contributed by atoms with van der Waals surface area (Å²) in [5.74, 6) is -0.343. The third-order valence-corrected chi connectivity index (χ3v) is 20.0. The van der Waals surface area contributed by atoms with Crippen molar-refractivity contribution in [1.82, 2.24) is 9.97 Å². The van der Waals surface area contributed by atoms with Crippen molar-refractivity contribution in [2.24, 2.45) is 9.98 Å². The number of nitrogens with zero attached hydrogens (tertiary/aromatic N) is 3. The molecule has 0 amide bonds. The molecule has 1 aliphatic heterocycles. The number of benzene rings is 6. The minimum Gasteiger partial charge on any atom is -0.619 e. The van der Waals surface area contributed by atoms with E-state index in [1.807, 2.05) is 151 Å². The van der Waals surface area contributed by atoms with Crippen molar-refractivity contribution >= 4 is 46.2 Å². The molecule has 16 heteroatoms. The van der Waals surface area contributed by atoms with Gasteiger partial charge in [-0.1, -0.05) is 181 Å². The van der Waals surface area contributed by atoms with E-state index in [1.165, 1.54) is 6.07 Å². The van der Waals surface area contributed by atoms with Gasteiger partial charge in [-0.15, -0.1) is 0 Å². The molecule has 0 spiro atoms. The fourth-order valence-electron chi connectivity index (χ4n) is 14.2. The first-order chi connectivity index (χ1) is 50.6. The van der Waals surface area contributed by atoms with E-state index in [0.29, 0.717) is 110 Å². The van der Waals surface area contributed by atoms with Crippen LogP contribution in [0.25, 0.3) is 44.1 Å². The summed E-state index contributed by atoms with van der Waals surface area (Å²) >= 11 is 0. The van der Waals surface area contributed by atoms with Crippen LogP contribution >= 0.6 is 0 Å². The van der Waals surface area contributed by atoms with Gasteiger partial charge in [0, 0.05) is 78.7 Å². The molecule has 105 heavy (non-hydrogen) atoms. The number of cyclic esters (lactones) is 2. The number of aromatic nitrogens is 3. The standard InChI is InChI=1S/C89H107N5O11/c1-11-15-21-37-66-68(39-23-17-13-3)84(97)92-76-50-70-60-45-62(82(95)74(48-60)88(5,6)7)54-90-80(58-33-25-19-26-34-58)81(59-35-27-20-28-36-59)91-55-63-46-61(49-75(83(63)96)89(8,9)10)71-51-77-73(67(38-22-16-12-2)69(85(98)93-77)40-24-18-14-4)53-79(71)103-42-30-32-44-105-87(100)65-47-64(56-94(101)57-65)86(99)104-43-31-29-41-102-78(70)52-72(66)76/h19-20,25-28,33-36,45-57,80-81,95-96H,11-18,21-24,29-32,37-44H2,1-10H3,(H,92,97)(H,93,98)/t80-,81-/m1/s1. The number of pyridine rings is 3. The Labute approximate surface area is 619 Å². The number of aryl methyl sites for hydroxylation is 2. The van der Waals surface area contributed by atoms with Gasteiger partial charge in [-0.05, 0) is 176 Å². The first-order valence-corrected chi connectivity index (χ1v) is 38.3. The third kappa shape index (κ3) is 19.6. The number of aromatic amines is 2. The van der Waals surface area contributed by atoms with Crippen LogP contribution in [-0.4, -0.2) is 71.0 Å². The molecule has 0 radical (unpaired) electrons. The van der Waals surface area contributed by atoms with E-state index in [2.05, 4.69) is 37.7 Å². The third-order valence-electron chi connectivity index (χ3n) is 20.0. The predicted octanol–water partition coefficient (Wildman–Crippen LogP) is 19.6. The number of hydrogen-bond donors (Lipinski definition) is 4. The monoisotopic (exact) mass is 1420 g/mol. The Kier molecular flexibility index (Phi) is 26.9. The molecule has 10 rings (SSSR count). The molecule has 2 atom stereocenters. The number of carbonyl (C=O) groups excluding carboxylic acids is 2. The van der Waals surface area contributed by atoms with E-state index in [4.69, 9.17) is 28.9 Å². The van der Waals surface area contributed by atoms with Crippen molar-refractivity contribution in [1.29, 1.82) is 0 Å². The zero-order valence-corrected chi connectivity index (χ0v) is 63.3. The number of unbranched alkanes of at least 4 members (excludes halogenated alkanes) is 8. The molecule has 4 N–H and O–H groups in total. The summed E-state index contributed by atoms with van der Waals surface area (Å²) < 4.78 is 25.6. The van der Waals surface area contributed by atoms with E-state index >= 15 is 0 Å². The highest BCUT2D eigenvalue weighted by atomic mass is 16.5. The van der Waals surface area contributed by atoms with E-state index in [1.54, 1.807) is 12.4 Å². The maximum absolute atomic E-state index is 14.4. The molecule has 6 bridgehead atoms. The summed E-state index contributed by atoms with van der Waals surface area (Å²) in [5.41, 5.74) is 9.96. The molecule has 554 valence electrons. The van der Waals surface area contributed by atoms with Gasteiger partial charge in [0.1, 0.15) is 46.2 Å². The molecule has 0 unspecified atom stereocenters. The summed E-state index contributed by atoms with van der Waals surface area (Å²) in [6, 6.07) is 35.6. The van der Waals surface area contributed by atoms with Gasteiger partial charge in [-0.2, -0.15) is 4.73 Å². The number of ether oxygens (including phenoxy) is 4. The second-order valence-electron chi connectivity index (χ2n) is 30.2. The van der Waals surface area contributed by atoms with Crippen LogP contribution < -0.4 is 25.3 Å². The van der Waals surface area contributed by atoms with Crippen LogP contribution in [0, 0.1) is 5.21 Å². The predicted molar refractivity (Wildman–Crippen MR) is 423 cm³/mol. The lowest BCUT2D eigenvalue weighted by Crippen LogP contribution is -2.29. The molecule has 9 aromatic rings. The van der Waals surface area contributed by atoms with Crippen molar-refractivity contribution in [3.8, 4) is 45.3 Å². The summed E-state index contributed by atoms with van der Waals surface area (Å²) in [4.78, 5) is 73.7. The molecule has 0 saturated carbocycles. The molecule has 0 fully saturated rings. The van der Waals surface area contributed by atoms with Crippen LogP contribution in [0.4, 0.5) is 0 Å². The first-order valence-electron chi connectivity index (χ1n) is 38.3. The van der Waals surface area contributed by atoms with Crippen LogP contribution in [0.2, 0.25) is 0 Å². The highest BCUT2D eigenvalue weighted by Gasteiger charge is 2.30. The lowest BCUT2D eigenvalue weighted by Gasteiger charge is -2.25. The Morgan fingerprint density at radius 3 is 1.15 bits per heavy atom. The zero-order chi connectivity index (χ0) is 74.8. The Morgan fingerprint density at radius 1 is 0.448 bits per heavy atom. The number of phenols is 2. The Bertz CT molecular complexity index is 4380. The number of hydrogen-bond acceptors (Lipinski definition) is 13. The minimum absolute atomic E-state index is 0.00463. The van der Waals surface area contributed by atoms with Gasteiger partial charge in [0.15, 0.2) is 12.4 Å². The number of esters is 2. The van der Waals surface area contributed by atoms with Gasteiger partial charge in [0.05, 0.1) is 26.4 Å². The highest BCUT2D eigenvalue weighted by Crippen LogP contribution is 2.45. The van der Waals surface area contributed by atoms with E-state index in [9.17, 15) is 34.6 Å². The summed E-state index contributed by atoms with van der Waals surface area (Å²) in [6.45, 7) is 21.4. The SMILES string of the molecule is CCCCCc1c(CCCCC)c2cc3c(cc2[nH]c1=O)-c1cc(c(O)c(C(C)(C)C)c1)C=N[C@H](c1ccccc1)[C@@H](c1ccccc1)N=Cc1cc(cc(C(C)(C)C)c1O)-c1cc2[nH]c(=O)c(CCCCC)c(CCCCC)c2cc1OCCCCOC(=O)c1cc(c[n+]([O-])c1)C(=O)OCCCCO3. The van der Waals surface area contributed by atoms with E-state index in [0.717, 1.165) is 146 Å². The maximum atomic E-state index is 14.4. The van der Waals surface area contributed by atoms with Gasteiger partial charge in [-0.3, -0.25) is 19.6 Å². The second-order valence-corrected chi connectivity index (χ2v) is 30.2. The van der Waals surface area contributed by atoms with Crippen molar-refractivity contribution in [3.05, 3.63) is 220 Å². The Morgan fingerprint density at radius 2 is 0.800 bits per heavy atom. The van der Waals surface area contributed by atoms with Gasteiger partial charge >= 0.3 is 11.9 Å². The summed E-state index contributed by atoms with van der Waals surface area (Å²) in [5, 5.41) is 40.2. The van der Waals surface area contributed by atoms with E-state index in [-0.39, 0.29) is 60.2 Å². The van der Waals surface area contributed by atoms with Crippen LogP contribution in [0.15, 0.2) is 147 Å². The molecule has 16 nitrogen and oxygen atoms in total. The Balaban J connectivity index is 1.17. The molecular formula is C89H107N5O11. The fraction of sp³-hybridized carbons (Fsp3) is 0.427. The van der Waals surface area contributed by atoms with Crippen LogP contribution in [0.5, 0.6) is 23.0 Å². The van der Waals surface area contributed by atoms with Gasteiger partial charge in [0.2, 0.25) is 0 Å². The van der Waals surface area contributed by atoms with Gasteiger partial charge in [-0.25, -0.2) is 9.59 Å². The average molecular weight is 1420 g/mol. The second kappa shape index (κ2) is 36.2. The number of rotatable bonds is 18. The number of aromatic hydroxyl groups is 2. The average Bonchev–Trinajstić information content (AvgIpc) is 0.757. The first kappa shape index (κ1) is 77.8. The topological polar surface area (TPSA) is 229 Å². The number of H-pyrrole nitrogens is 2. The Hall–Kier alpha value is -9.83. The molecular weight excluding hydrogens is 1320 g/mol. The zero-order valence-electron chi connectivity index (χ0n) is 63.3. The lowest BCUT2D eigenvalue weighted by atomic mass is 9.83. The van der Waals surface area contributed by atoms with Crippen molar-refractivity contribution in [2.75, 3.05) is 26.4 Å². The molecule has 0 aliphatic carbocycles.